The van der Waals surface area contributed by atoms with Crippen LogP contribution in [-0.2, 0) is 6.42 Å². The molecule has 0 atom stereocenters. The minimum Gasteiger partial charge on any atom is -0.475 e. The Morgan fingerprint density at radius 1 is 1.56 bits per heavy atom. The number of carboxylic acid groups (broad SMARTS) is 1. The summed E-state index contributed by atoms with van der Waals surface area (Å²) in [6, 6.07) is 4.03. The number of aromatic carboxylic acids is 1. The molecular formula is C12H9ClFNO3. The number of nitrogens with zero attached hydrogens (tertiary/aromatic N) is 1. The van der Waals surface area contributed by atoms with E-state index in [2.05, 4.69) is 4.98 Å². The Morgan fingerprint density at radius 3 is 2.78 bits per heavy atom. The van der Waals surface area contributed by atoms with Gasteiger partial charge in [0.25, 0.3) is 0 Å². The number of hydrogen-bond acceptors (Lipinski definition) is 3. The highest BCUT2D eigenvalue weighted by Crippen LogP contribution is 2.26. The molecule has 0 aliphatic carbocycles. The molecule has 0 radical (unpaired) electrons. The van der Waals surface area contributed by atoms with Crippen LogP contribution in [0.5, 0.6) is 0 Å². The minimum absolute atomic E-state index is 0.0144. The molecule has 0 saturated carbocycles. The van der Waals surface area contributed by atoms with Gasteiger partial charge in [0, 0.05) is 5.56 Å². The van der Waals surface area contributed by atoms with E-state index in [9.17, 15) is 9.18 Å². The molecule has 1 aromatic carbocycles. The molecule has 0 amide bonds. The first kappa shape index (κ1) is 12.6. The molecule has 1 heterocycles. The van der Waals surface area contributed by atoms with Crippen LogP contribution in [0, 0.1) is 5.82 Å². The molecule has 2 aromatic rings. The average molecular weight is 270 g/mol. The summed E-state index contributed by atoms with van der Waals surface area (Å²) in [5.74, 6) is -1.95. The van der Waals surface area contributed by atoms with Crippen LogP contribution >= 0.6 is 11.6 Å². The van der Waals surface area contributed by atoms with Crippen LogP contribution in [0.2, 0.25) is 5.02 Å². The first-order valence-electron chi connectivity index (χ1n) is 5.21. The Labute approximate surface area is 107 Å². The highest BCUT2D eigenvalue weighted by atomic mass is 35.5. The van der Waals surface area contributed by atoms with Crippen molar-refractivity contribution in [2.24, 2.45) is 0 Å². The number of aromatic nitrogens is 1. The van der Waals surface area contributed by atoms with Gasteiger partial charge in [-0.15, -0.1) is 0 Å². The molecule has 94 valence electrons. The molecule has 0 fully saturated rings. The van der Waals surface area contributed by atoms with Crippen molar-refractivity contribution in [3.05, 3.63) is 40.5 Å². The van der Waals surface area contributed by atoms with Crippen LogP contribution in [0.25, 0.3) is 11.5 Å². The molecule has 0 saturated heterocycles. The lowest BCUT2D eigenvalue weighted by Gasteiger charge is -1.97. The van der Waals surface area contributed by atoms with E-state index in [4.69, 9.17) is 21.1 Å². The third kappa shape index (κ3) is 2.22. The van der Waals surface area contributed by atoms with Crippen molar-refractivity contribution in [1.82, 2.24) is 4.98 Å². The Bertz CT molecular complexity index is 609. The third-order valence-electron chi connectivity index (χ3n) is 2.39. The fourth-order valence-corrected chi connectivity index (χ4v) is 1.63. The molecule has 18 heavy (non-hydrogen) atoms. The number of carboxylic acids is 1. The summed E-state index contributed by atoms with van der Waals surface area (Å²) in [4.78, 5) is 15.0. The van der Waals surface area contributed by atoms with E-state index < -0.39 is 11.8 Å². The monoisotopic (exact) mass is 269 g/mol. The van der Waals surface area contributed by atoms with Gasteiger partial charge in [0.15, 0.2) is 0 Å². The second kappa shape index (κ2) is 4.78. The SMILES string of the molecule is CCc1nc(-c2ccc(Cl)c(F)c2)oc1C(=O)O. The molecule has 0 unspecified atom stereocenters. The molecular weight excluding hydrogens is 261 g/mol. The zero-order valence-electron chi connectivity index (χ0n) is 9.41. The predicted octanol–water partition coefficient (Wildman–Crippen LogP) is 3.39. The smallest absolute Gasteiger partial charge is 0.373 e. The molecule has 0 bridgehead atoms. The van der Waals surface area contributed by atoms with E-state index in [1.165, 1.54) is 12.1 Å². The topological polar surface area (TPSA) is 63.3 Å². The number of benzene rings is 1. The van der Waals surface area contributed by atoms with E-state index in [0.717, 1.165) is 6.07 Å². The highest BCUT2D eigenvalue weighted by molar-refractivity contribution is 6.30. The summed E-state index contributed by atoms with van der Waals surface area (Å²) >= 11 is 5.56. The Morgan fingerprint density at radius 2 is 2.28 bits per heavy atom. The second-order valence-electron chi connectivity index (χ2n) is 3.58. The molecule has 0 aliphatic heterocycles. The van der Waals surface area contributed by atoms with Crippen molar-refractivity contribution in [1.29, 1.82) is 0 Å². The minimum atomic E-state index is -1.19. The molecule has 4 nitrogen and oxygen atoms in total. The number of hydrogen-bond donors (Lipinski definition) is 1. The van der Waals surface area contributed by atoms with Gasteiger partial charge in [-0.25, -0.2) is 14.2 Å². The van der Waals surface area contributed by atoms with Crippen molar-refractivity contribution >= 4 is 17.6 Å². The molecule has 6 heteroatoms. The number of oxazole rings is 1. The van der Waals surface area contributed by atoms with Gasteiger partial charge in [-0.1, -0.05) is 18.5 Å². The third-order valence-corrected chi connectivity index (χ3v) is 2.70. The van der Waals surface area contributed by atoms with Crippen LogP contribution in [-0.4, -0.2) is 16.1 Å². The van der Waals surface area contributed by atoms with Crippen molar-refractivity contribution in [3.8, 4) is 11.5 Å². The van der Waals surface area contributed by atoms with Crippen LogP contribution in [0.15, 0.2) is 22.6 Å². The van der Waals surface area contributed by atoms with Crippen LogP contribution in [0.4, 0.5) is 4.39 Å². The fraction of sp³-hybridized carbons (Fsp3) is 0.167. The van der Waals surface area contributed by atoms with E-state index in [1.807, 2.05) is 0 Å². The summed E-state index contributed by atoms with van der Waals surface area (Å²) < 4.78 is 18.4. The van der Waals surface area contributed by atoms with Gasteiger partial charge in [-0.05, 0) is 24.6 Å². The van der Waals surface area contributed by atoms with Gasteiger partial charge in [0.2, 0.25) is 11.7 Å². The zero-order valence-corrected chi connectivity index (χ0v) is 10.2. The average Bonchev–Trinajstić information content (AvgIpc) is 2.77. The largest absolute Gasteiger partial charge is 0.475 e. The maximum absolute atomic E-state index is 13.3. The quantitative estimate of drug-likeness (QED) is 0.927. The van der Waals surface area contributed by atoms with E-state index in [-0.39, 0.29) is 16.7 Å². The number of carbonyl (C=O) groups is 1. The highest BCUT2D eigenvalue weighted by Gasteiger charge is 2.19. The lowest BCUT2D eigenvalue weighted by molar-refractivity contribution is 0.0662. The van der Waals surface area contributed by atoms with E-state index in [0.29, 0.717) is 17.7 Å². The first-order valence-corrected chi connectivity index (χ1v) is 5.59. The first-order chi connectivity index (χ1) is 8.52. The normalized spacial score (nSPS) is 10.6. The van der Waals surface area contributed by atoms with E-state index >= 15 is 0 Å². The molecule has 0 aliphatic rings. The lowest BCUT2D eigenvalue weighted by atomic mass is 10.2. The van der Waals surface area contributed by atoms with Gasteiger partial charge < -0.3 is 9.52 Å². The summed E-state index contributed by atoms with van der Waals surface area (Å²) in [6.45, 7) is 1.76. The molecule has 2 rings (SSSR count). The fourth-order valence-electron chi connectivity index (χ4n) is 1.51. The number of halogens is 2. The molecule has 1 N–H and O–H groups in total. The molecule has 1 aromatic heterocycles. The predicted molar refractivity (Wildman–Crippen MR) is 63.2 cm³/mol. The summed E-state index contributed by atoms with van der Waals surface area (Å²) in [6.07, 6.45) is 0.418. The standard InChI is InChI=1S/C12H9ClFNO3/c1-2-9-10(12(16)17)18-11(15-9)6-3-4-7(13)8(14)5-6/h3-5H,2H2,1H3,(H,16,17). The van der Waals surface area contributed by atoms with Gasteiger partial charge in [-0.3, -0.25) is 0 Å². The van der Waals surface area contributed by atoms with E-state index in [1.54, 1.807) is 6.92 Å². The zero-order chi connectivity index (χ0) is 13.3. The Kier molecular flexibility index (Phi) is 3.34. The molecule has 0 spiro atoms. The number of aryl methyl sites for hydroxylation is 1. The van der Waals surface area contributed by atoms with Crippen LogP contribution < -0.4 is 0 Å². The van der Waals surface area contributed by atoms with Crippen molar-refractivity contribution in [3.63, 3.8) is 0 Å². The summed E-state index contributed by atoms with van der Waals surface area (Å²) in [5.41, 5.74) is 0.673. The second-order valence-corrected chi connectivity index (χ2v) is 3.99. The van der Waals surface area contributed by atoms with Crippen LogP contribution in [0.1, 0.15) is 23.2 Å². The Balaban J connectivity index is 2.50. The van der Waals surface area contributed by atoms with Crippen molar-refractivity contribution in [2.75, 3.05) is 0 Å². The van der Waals surface area contributed by atoms with Gasteiger partial charge in [0.1, 0.15) is 5.82 Å². The lowest BCUT2D eigenvalue weighted by Crippen LogP contribution is -1.98. The summed E-state index contributed by atoms with van der Waals surface area (Å²) in [5, 5.41) is 8.91. The maximum atomic E-state index is 13.3. The van der Waals surface area contributed by atoms with Crippen LogP contribution in [0.3, 0.4) is 0 Å². The maximum Gasteiger partial charge on any atom is 0.373 e. The summed E-state index contributed by atoms with van der Waals surface area (Å²) in [7, 11) is 0. The van der Waals surface area contributed by atoms with Gasteiger partial charge in [-0.2, -0.15) is 0 Å². The van der Waals surface area contributed by atoms with Crippen molar-refractivity contribution in [2.45, 2.75) is 13.3 Å². The van der Waals surface area contributed by atoms with Crippen molar-refractivity contribution < 1.29 is 18.7 Å². The van der Waals surface area contributed by atoms with Gasteiger partial charge in [0.05, 0.1) is 10.7 Å². The number of rotatable bonds is 3. The Hall–Kier alpha value is -1.88. The van der Waals surface area contributed by atoms with Gasteiger partial charge >= 0.3 is 5.97 Å².